The van der Waals surface area contributed by atoms with Gasteiger partial charge in [-0.05, 0) is 53.1 Å². The molecule has 0 fully saturated rings. The van der Waals surface area contributed by atoms with Crippen LogP contribution in [0.4, 0.5) is 0 Å². The number of benzene rings is 2. The zero-order valence-corrected chi connectivity index (χ0v) is 14.7. The van der Waals surface area contributed by atoms with Gasteiger partial charge in [0.1, 0.15) is 0 Å². The molecule has 0 heterocycles. The minimum absolute atomic E-state index is 0.0728. The lowest BCUT2D eigenvalue weighted by Gasteiger charge is -2.22. The van der Waals surface area contributed by atoms with E-state index < -0.39 is 0 Å². The van der Waals surface area contributed by atoms with E-state index in [-0.39, 0.29) is 6.04 Å². The van der Waals surface area contributed by atoms with Gasteiger partial charge >= 0.3 is 0 Å². The highest BCUT2D eigenvalue weighted by Crippen LogP contribution is 2.32. The van der Waals surface area contributed by atoms with Crippen LogP contribution in [0.3, 0.4) is 0 Å². The summed E-state index contributed by atoms with van der Waals surface area (Å²) in [5.41, 5.74) is 13.3. The Morgan fingerprint density at radius 1 is 0.952 bits per heavy atom. The number of rotatable bonds is 5. The van der Waals surface area contributed by atoms with Crippen molar-refractivity contribution in [3.05, 3.63) is 68.7 Å². The molecule has 0 radical (unpaired) electrons. The average Bonchev–Trinajstić information content (AvgIpc) is 2.53. The fourth-order valence-electron chi connectivity index (χ4n) is 2.92. The van der Waals surface area contributed by atoms with E-state index in [0.29, 0.717) is 0 Å². The van der Waals surface area contributed by atoms with E-state index in [0.717, 1.165) is 29.3 Å². The van der Waals surface area contributed by atoms with Gasteiger partial charge in [-0.15, -0.1) is 0 Å². The molecule has 2 aromatic rings. The van der Waals surface area contributed by atoms with Gasteiger partial charge < -0.3 is 5.73 Å². The Hall–Kier alpha value is -1.12. The molecule has 2 N–H and O–H groups in total. The lowest BCUT2D eigenvalue weighted by molar-refractivity contribution is 0.820. The summed E-state index contributed by atoms with van der Waals surface area (Å²) >= 11 is 3.64. The molecule has 0 aliphatic rings. The lowest BCUT2D eigenvalue weighted by atomic mass is 9.87. The second-order valence-electron chi connectivity index (χ2n) is 5.39. The van der Waals surface area contributed by atoms with Crippen molar-refractivity contribution in [3.8, 4) is 0 Å². The van der Waals surface area contributed by atoms with Crippen LogP contribution < -0.4 is 5.73 Å². The summed E-state index contributed by atoms with van der Waals surface area (Å²) in [4.78, 5) is 0. The van der Waals surface area contributed by atoms with Crippen molar-refractivity contribution in [2.24, 2.45) is 5.73 Å². The smallest absolute Gasteiger partial charge is 0.0568 e. The number of aryl methyl sites for hydroxylation is 3. The summed E-state index contributed by atoms with van der Waals surface area (Å²) in [6, 6.07) is 12.8. The fourth-order valence-corrected chi connectivity index (χ4v) is 3.45. The molecule has 1 nitrogen and oxygen atoms in total. The third-order valence-corrected chi connectivity index (χ3v) is 4.85. The highest BCUT2D eigenvalue weighted by Gasteiger charge is 2.18. The maximum Gasteiger partial charge on any atom is 0.0568 e. The average molecular weight is 346 g/mol. The molecule has 1 atom stereocenters. The SMILES string of the molecule is CCc1cc(CC)c(C(N)c2ccccc2Br)c(CC)c1. The van der Waals surface area contributed by atoms with E-state index in [1.165, 1.54) is 22.3 Å². The van der Waals surface area contributed by atoms with Crippen LogP contribution in [0.25, 0.3) is 0 Å². The summed E-state index contributed by atoms with van der Waals surface area (Å²) in [6.45, 7) is 6.64. The molecular weight excluding hydrogens is 322 g/mol. The predicted octanol–water partition coefficient (Wildman–Crippen LogP) is 5.18. The third-order valence-electron chi connectivity index (χ3n) is 4.13. The Balaban J connectivity index is 2.59. The molecule has 0 aliphatic carbocycles. The highest BCUT2D eigenvalue weighted by atomic mass is 79.9. The molecule has 1 unspecified atom stereocenters. The lowest BCUT2D eigenvalue weighted by Crippen LogP contribution is -2.17. The topological polar surface area (TPSA) is 26.0 Å². The van der Waals surface area contributed by atoms with Crippen molar-refractivity contribution < 1.29 is 0 Å². The van der Waals surface area contributed by atoms with Gasteiger partial charge in [0.05, 0.1) is 6.04 Å². The van der Waals surface area contributed by atoms with Crippen LogP contribution in [0.2, 0.25) is 0 Å². The molecule has 21 heavy (non-hydrogen) atoms. The Labute approximate surface area is 136 Å². The van der Waals surface area contributed by atoms with Gasteiger partial charge in [-0.25, -0.2) is 0 Å². The minimum Gasteiger partial charge on any atom is -0.320 e. The number of hydrogen-bond donors (Lipinski definition) is 1. The molecule has 2 heteroatoms. The van der Waals surface area contributed by atoms with Gasteiger partial charge in [0.15, 0.2) is 0 Å². The van der Waals surface area contributed by atoms with Crippen LogP contribution >= 0.6 is 15.9 Å². The number of nitrogens with two attached hydrogens (primary N) is 1. The van der Waals surface area contributed by atoms with Crippen molar-refractivity contribution in [2.45, 2.75) is 46.1 Å². The molecular formula is C19H24BrN. The highest BCUT2D eigenvalue weighted by molar-refractivity contribution is 9.10. The molecule has 112 valence electrons. The van der Waals surface area contributed by atoms with Crippen LogP contribution in [0.1, 0.15) is 54.6 Å². The molecule has 2 rings (SSSR count). The second kappa shape index (κ2) is 7.24. The second-order valence-corrected chi connectivity index (χ2v) is 6.24. The van der Waals surface area contributed by atoms with E-state index in [1.54, 1.807) is 0 Å². The summed E-state index contributed by atoms with van der Waals surface area (Å²) in [6.07, 6.45) is 3.12. The molecule has 0 saturated carbocycles. The van der Waals surface area contributed by atoms with E-state index in [2.05, 4.69) is 67.0 Å². The normalized spacial score (nSPS) is 12.4. The van der Waals surface area contributed by atoms with Crippen LogP contribution in [-0.2, 0) is 19.3 Å². The first-order chi connectivity index (χ1) is 10.1. The van der Waals surface area contributed by atoms with Gasteiger partial charge in [-0.3, -0.25) is 0 Å². The van der Waals surface area contributed by atoms with Gasteiger partial charge in [0.25, 0.3) is 0 Å². The molecule has 0 aliphatic heterocycles. The first-order valence-electron chi connectivity index (χ1n) is 7.76. The fraction of sp³-hybridized carbons (Fsp3) is 0.368. The van der Waals surface area contributed by atoms with E-state index in [4.69, 9.17) is 5.73 Å². The maximum absolute atomic E-state index is 6.63. The maximum atomic E-state index is 6.63. The molecule has 0 amide bonds. The molecule has 0 spiro atoms. The van der Waals surface area contributed by atoms with Crippen molar-refractivity contribution in [3.63, 3.8) is 0 Å². The summed E-state index contributed by atoms with van der Waals surface area (Å²) < 4.78 is 1.08. The summed E-state index contributed by atoms with van der Waals surface area (Å²) in [7, 11) is 0. The zero-order valence-electron chi connectivity index (χ0n) is 13.1. The van der Waals surface area contributed by atoms with Crippen LogP contribution in [0.15, 0.2) is 40.9 Å². The molecule has 0 saturated heterocycles. The Morgan fingerprint density at radius 3 is 2.00 bits per heavy atom. The van der Waals surface area contributed by atoms with Crippen LogP contribution in [-0.4, -0.2) is 0 Å². The van der Waals surface area contributed by atoms with E-state index in [1.807, 2.05) is 6.07 Å². The van der Waals surface area contributed by atoms with E-state index in [9.17, 15) is 0 Å². The van der Waals surface area contributed by atoms with Gasteiger partial charge in [0.2, 0.25) is 0 Å². The Morgan fingerprint density at radius 2 is 1.52 bits per heavy atom. The van der Waals surface area contributed by atoms with Crippen LogP contribution in [0.5, 0.6) is 0 Å². The van der Waals surface area contributed by atoms with Gasteiger partial charge in [0, 0.05) is 4.47 Å². The quantitative estimate of drug-likeness (QED) is 0.793. The van der Waals surface area contributed by atoms with Crippen molar-refractivity contribution in [1.82, 2.24) is 0 Å². The van der Waals surface area contributed by atoms with E-state index >= 15 is 0 Å². The Kier molecular flexibility index (Phi) is 5.60. The monoisotopic (exact) mass is 345 g/mol. The van der Waals surface area contributed by atoms with Crippen LogP contribution in [0, 0.1) is 0 Å². The number of hydrogen-bond acceptors (Lipinski definition) is 1. The minimum atomic E-state index is -0.0728. The van der Waals surface area contributed by atoms with Gasteiger partial charge in [-0.2, -0.15) is 0 Å². The summed E-state index contributed by atoms with van der Waals surface area (Å²) in [5, 5.41) is 0. The first kappa shape index (κ1) is 16.3. The van der Waals surface area contributed by atoms with Crippen molar-refractivity contribution >= 4 is 15.9 Å². The van der Waals surface area contributed by atoms with Crippen molar-refractivity contribution in [2.75, 3.05) is 0 Å². The molecule has 0 bridgehead atoms. The number of halogens is 1. The molecule has 2 aromatic carbocycles. The Bertz CT molecular complexity index is 594. The standard InChI is InChI=1S/C19H24BrN/c1-4-13-11-14(5-2)18(15(6-3)12-13)19(21)16-9-7-8-10-17(16)20/h7-12,19H,4-6,21H2,1-3H3. The third kappa shape index (κ3) is 3.38. The van der Waals surface area contributed by atoms with Crippen molar-refractivity contribution in [1.29, 1.82) is 0 Å². The van der Waals surface area contributed by atoms with Gasteiger partial charge in [-0.1, -0.05) is 67.0 Å². The predicted molar refractivity (Wildman–Crippen MR) is 94.7 cm³/mol. The molecule has 0 aromatic heterocycles. The zero-order chi connectivity index (χ0) is 15.4. The first-order valence-corrected chi connectivity index (χ1v) is 8.56. The summed E-state index contributed by atoms with van der Waals surface area (Å²) in [5.74, 6) is 0. The largest absolute Gasteiger partial charge is 0.320 e.